The molecule has 9 nitrogen and oxygen atoms in total. The first-order valence-corrected chi connectivity index (χ1v) is 7.93. The van der Waals surface area contributed by atoms with Gasteiger partial charge in [0.15, 0.2) is 23.4 Å². The fourth-order valence-corrected chi connectivity index (χ4v) is 3.91. The smallest absolute Gasteiger partial charge is 0.226 e. The van der Waals surface area contributed by atoms with Crippen LogP contribution in [-0.4, -0.2) is 68.0 Å². The number of anilines is 1. The first-order valence-electron chi connectivity index (χ1n) is 7.56. The second kappa shape index (κ2) is 5.27. The predicted molar refractivity (Wildman–Crippen MR) is 87.3 cm³/mol. The number of nitrogens with one attached hydrogen (secondary N) is 1. The molecular formula is C14H17ClN6O3. The number of rotatable bonds is 4. The Kier molecular flexibility index (Phi) is 3.41. The molecule has 24 heavy (non-hydrogen) atoms. The van der Waals surface area contributed by atoms with E-state index in [0.717, 1.165) is 0 Å². The molecule has 0 amide bonds. The largest absolute Gasteiger partial charge is 0.474 e. The molecule has 2 aliphatic rings. The van der Waals surface area contributed by atoms with Crippen LogP contribution >= 0.6 is 11.6 Å². The number of fused-ring (bicyclic) bond motifs is 2. The Bertz CT molecular complexity index is 826. The number of hydrogen-bond donors (Lipinski definition) is 3. The number of ether oxygens (including phenoxy) is 1. The van der Waals surface area contributed by atoms with Crippen molar-refractivity contribution in [3.63, 3.8) is 0 Å². The molecule has 0 radical (unpaired) electrons. The van der Waals surface area contributed by atoms with Gasteiger partial charge in [-0.25, -0.2) is 4.98 Å². The highest BCUT2D eigenvalue weighted by Gasteiger charge is 2.74. The van der Waals surface area contributed by atoms with Gasteiger partial charge < -0.3 is 24.8 Å². The third-order valence-corrected chi connectivity index (χ3v) is 5.09. The average Bonchev–Trinajstić information content (AvgIpc) is 3.08. The van der Waals surface area contributed by atoms with Crippen molar-refractivity contribution in [2.75, 3.05) is 19.4 Å². The van der Waals surface area contributed by atoms with Crippen LogP contribution in [0.2, 0.25) is 5.28 Å². The van der Waals surface area contributed by atoms with Crippen molar-refractivity contribution in [1.82, 2.24) is 19.5 Å². The zero-order valence-corrected chi connectivity index (χ0v) is 13.8. The lowest BCUT2D eigenvalue weighted by atomic mass is 10.1. The molecule has 0 aromatic carbocycles. The van der Waals surface area contributed by atoms with Crippen LogP contribution in [0.15, 0.2) is 11.3 Å². The van der Waals surface area contributed by atoms with E-state index < -0.39 is 23.9 Å². The standard InChI is InChI=1S/C14H17ClN6O3/c1-16-5-24-14-3-6(14)8(9(22)10(14)23)21-4-18-7-11(17-2)19-13(15)20-12(7)21/h4-6,8-10,22-23H,3H2,1-2H3,(H,17,19,20)/t6-,8-,9+,10+,14-/m1/s1. The van der Waals surface area contributed by atoms with Gasteiger partial charge in [-0.3, -0.25) is 4.99 Å². The van der Waals surface area contributed by atoms with E-state index in [-0.39, 0.29) is 11.2 Å². The van der Waals surface area contributed by atoms with Crippen molar-refractivity contribution >= 4 is 35.0 Å². The van der Waals surface area contributed by atoms with Gasteiger partial charge >= 0.3 is 0 Å². The van der Waals surface area contributed by atoms with Crippen LogP contribution in [0, 0.1) is 5.92 Å². The molecule has 3 N–H and O–H groups in total. The van der Waals surface area contributed by atoms with Gasteiger partial charge in [0.1, 0.15) is 17.8 Å². The Morgan fingerprint density at radius 1 is 1.50 bits per heavy atom. The SMILES string of the molecule is CN=CO[C@]12C[C@@H]1[C@@H](n1cnc3c(NC)nc(Cl)nc31)[C@H](O)[C@@H]2O. The van der Waals surface area contributed by atoms with E-state index >= 15 is 0 Å². The van der Waals surface area contributed by atoms with Crippen LogP contribution in [0.3, 0.4) is 0 Å². The van der Waals surface area contributed by atoms with E-state index in [1.165, 1.54) is 6.40 Å². The zero-order chi connectivity index (χ0) is 17.1. The van der Waals surface area contributed by atoms with Crippen LogP contribution in [0.4, 0.5) is 5.82 Å². The molecular weight excluding hydrogens is 336 g/mol. The van der Waals surface area contributed by atoms with E-state index in [1.807, 2.05) is 0 Å². The quantitative estimate of drug-likeness (QED) is 0.409. The molecule has 2 saturated carbocycles. The maximum absolute atomic E-state index is 10.5. The van der Waals surface area contributed by atoms with E-state index in [9.17, 15) is 10.2 Å². The van der Waals surface area contributed by atoms with Crippen LogP contribution < -0.4 is 5.32 Å². The molecule has 2 aliphatic carbocycles. The molecule has 4 rings (SSSR count). The maximum atomic E-state index is 10.5. The summed E-state index contributed by atoms with van der Waals surface area (Å²) in [4.78, 5) is 16.5. The van der Waals surface area contributed by atoms with Crippen LogP contribution in [0.1, 0.15) is 12.5 Å². The summed E-state index contributed by atoms with van der Waals surface area (Å²) in [5, 5.41) is 24.0. The lowest BCUT2D eigenvalue weighted by molar-refractivity contribution is -0.0475. The molecule has 2 heterocycles. The Morgan fingerprint density at radius 2 is 2.29 bits per heavy atom. The van der Waals surface area contributed by atoms with Crippen molar-refractivity contribution in [1.29, 1.82) is 0 Å². The van der Waals surface area contributed by atoms with Gasteiger partial charge in [-0.05, 0) is 18.0 Å². The summed E-state index contributed by atoms with van der Waals surface area (Å²) in [6.45, 7) is 0. The van der Waals surface area contributed by atoms with Crippen molar-refractivity contribution in [3.05, 3.63) is 11.6 Å². The Labute approximate surface area is 142 Å². The van der Waals surface area contributed by atoms with E-state index in [1.54, 1.807) is 25.0 Å². The topological polar surface area (TPSA) is 118 Å². The van der Waals surface area contributed by atoms with E-state index in [4.69, 9.17) is 16.3 Å². The number of nitrogens with zero attached hydrogens (tertiary/aromatic N) is 5. The molecule has 5 atom stereocenters. The molecule has 0 saturated heterocycles. The Balaban J connectivity index is 1.78. The van der Waals surface area contributed by atoms with Gasteiger partial charge in [-0.15, -0.1) is 0 Å². The van der Waals surface area contributed by atoms with Crippen LogP contribution in [0.25, 0.3) is 11.2 Å². The summed E-state index contributed by atoms with van der Waals surface area (Å²) < 4.78 is 7.34. The minimum atomic E-state index is -1.01. The minimum absolute atomic E-state index is 0.0651. The van der Waals surface area contributed by atoms with Crippen molar-refractivity contribution < 1.29 is 14.9 Å². The number of imidazole rings is 1. The molecule has 2 aromatic heterocycles. The number of aromatic nitrogens is 4. The molecule has 2 fully saturated rings. The summed E-state index contributed by atoms with van der Waals surface area (Å²) in [7, 11) is 3.31. The van der Waals surface area contributed by atoms with Gasteiger partial charge in [0, 0.05) is 20.0 Å². The fourth-order valence-electron chi connectivity index (χ4n) is 3.75. The highest BCUT2D eigenvalue weighted by atomic mass is 35.5. The monoisotopic (exact) mass is 352 g/mol. The number of halogens is 1. The molecule has 0 unspecified atom stereocenters. The van der Waals surface area contributed by atoms with Crippen molar-refractivity contribution in [3.8, 4) is 0 Å². The van der Waals surface area contributed by atoms with E-state index in [2.05, 4.69) is 25.3 Å². The van der Waals surface area contributed by atoms with Gasteiger partial charge in [0.05, 0.1) is 12.4 Å². The van der Waals surface area contributed by atoms with Crippen LogP contribution in [0.5, 0.6) is 0 Å². The molecule has 10 heteroatoms. The average molecular weight is 353 g/mol. The van der Waals surface area contributed by atoms with Gasteiger partial charge in [0.25, 0.3) is 0 Å². The first-order chi connectivity index (χ1) is 11.5. The normalized spacial score (nSPS) is 34.7. The Morgan fingerprint density at radius 3 is 3.00 bits per heavy atom. The molecule has 128 valence electrons. The van der Waals surface area contributed by atoms with Gasteiger partial charge in [-0.1, -0.05) is 0 Å². The van der Waals surface area contributed by atoms with E-state index in [0.29, 0.717) is 23.4 Å². The van der Waals surface area contributed by atoms with Gasteiger partial charge in [-0.2, -0.15) is 9.97 Å². The van der Waals surface area contributed by atoms with Crippen molar-refractivity contribution in [2.24, 2.45) is 10.9 Å². The number of aliphatic hydroxyl groups is 2. The lowest BCUT2D eigenvalue weighted by Gasteiger charge is -2.23. The third kappa shape index (κ3) is 1.95. The maximum Gasteiger partial charge on any atom is 0.226 e. The minimum Gasteiger partial charge on any atom is -0.474 e. The molecule has 0 aliphatic heterocycles. The summed E-state index contributed by atoms with van der Waals surface area (Å²) in [6, 6.07) is -0.411. The molecule has 0 bridgehead atoms. The predicted octanol–water partition coefficient (Wildman–Crippen LogP) is 0.231. The zero-order valence-electron chi connectivity index (χ0n) is 13.1. The summed E-state index contributed by atoms with van der Waals surface area (Å²) >= 11 is 5.99. The second-order valence-electron chi connectivity index (χ2n) is 6.09. The second-order valence-corrected chi connectivity index (χ2v) is 6.43. The summed E-state index contributed by atoms with van der Waals surface area (Å²) in [6.07, 6.45) is 1.50. The lowest BCUT2D eigenvalue weighted by Crippen LogP contribution is -2.38. The van der Waals surface area contributed by atoms with Gasteiger partial charge in [0.2, 0.25) is 5.28 Å². The fraction of sp³-hybridized carbons (Fsp3) is 0.571. The highest BCUT2D eigenvalue weighted by Crippen LogP contribution is 2.63. The van der Waals surface area contributed by atoms with Crippen LogP contribution in [-0.2, 0) is 4.74 Å². The number of aliphatic hydroxyl groups excluding tert-OH is 2. The number of hydrogen-bond acceptors (Lipinski definition) is 8. The molecule has 2 aromatic rings. The first kappa shape index (κ1) is 15.6. The third-order valence-electron chi connectivity index (χ3n) is 4.92. The Hall–Kier alpha value is -1.97. The summed E-state index contributed by atoms with van der Waals surface area (Å²) in [5.74, 6) is 0.442. The van der Waals surface area contributed by atoms with Crippen molar-refractivity contribution in [2.45, 2.75) is 30.3 Å². The highest BCUT2D eigenvalue weighted by molar-refractivity contribution is 6.28. The molecule has 0 spiro atoms. The number of aliphatic imine (C=N–C) groups is 1. The summed E-state index contributed by atoms with van der Waals surface area (Å²) in [5.41, 5.74) is 0.253.